The van der Waals surface area contributed by atoms with E-state index in [1.54, 1.807) is 13.2 Å². The molecule has 0 heterocycles. The molecule has 0 amide bonds. The van der Waals surface area contributed by atoms with Gasteiger partial charge in [0.25, 0.3) is 0 Å². The maximum absolute atomic E-state index is 6.11. The molecular weight excluding hydrogens is 293 g/mol. The quantitative estimate of drug-likeness (QED) is 0.802. The Balaban J connectivity index is 1.91. The summed E-state index contributed by atoms with van der Waals surface area (Å²) in [6.07, 6.45) is 0.984. The van der Waals surface area contributed by atoms with Gasteiger partial charge in [0.05, 0.1) is 12.1 Å². The number of methoxy groups -OCH3 is 1. The molecule has 0 aliphatic heterocycles. The Morgan fingerprint density at radius 3 is 2.55 bits per heavy atom. The Bertz CT molecular complexity index is 558. The van der Waals surface area contributed by atoms with Crippen molar-refractivity contribution < 1.29 is 4.74 Å². The van der Waals surface area contributed by atoms with Crippen LogP contribution < -0.4 is 10.1 Å². The Hall–Kier alpha value is -1.22. The van der Waals surface area contributed by atoms with Crippen molar-refractivity contribution in [1.29, 1.82) is 0 Å². The van der Waals surface area contributed by atoms with Gasteiger partial charge in [-0.05, 0) is 30.7 Å². The van der Waals surface area contributed by atoms with E-state index in [4.69, 9.17) is 27.9 Å². The van der Waals surface area contributed by atoms with E-state index in [1.165, 1.54) is 5.56 Å². The molecule has 2 aromatic rings. The summed E-state index contributed by atoms with van der Waals surface area (Å²) < 4.78 is 5.32. The Kier molecular flexibility index (Phi) is 5.72. The molecule has 106 valence electrons. The van der Waals surface area contributed by atoms with Crippen LogP contribution in [0, 0.1) is 0 Å². The van der Waals surface area contributed by atoms with Gasteiger partial charge in [-0.1, -0.05) is 53.5 Å². The van der Waals surface area contributed by atoms with Gasteiger partial charge >= 0.3 is 0 Å². The third-order valence-corrected chi connectivity index (χ3v) is 3.54. The number of hydrogen-bond donors (Lipinski definition) is 1. The lowest BCUT2D eigenvalue weighted by molar-refractivity contribution is 0.408. The lowest BCUT2D eigenvalue weighted by atomic mass is 10.1. The number of nitrogens with one attached hydrogen (secondary N) is 1. The van der Waals surface area contributed by atoms with Crippen LogP contribution in [0.25, 0.3) is 0 Å². The number of ether oxygens (including phenoxy) is 1. The van der Waals surface area contributed by atoms with Crippen molar-refractivity contribution in [2.24, 2.45) is 0 Å². The normalized spacial score (nSPS) is 10.6. The van der Waals surface area contributed by atoms with Crippen LogP contribution in [0.1, 0.15) is 11.1 Å². The molecule has 0 fully saturated rings. The Morgan fingerprint density at radius 2 is 1.85 bits per heavy atom. The zero-order valence-electron chi connectivity index (χ0n) is 11.3. The zero-order chi connectivity index (χ0) is 14.4. The maximum Gasteiger partial charge on any atom is 0.142 e. The van der Waals surface area contributed by atoms with Crippen LogP contribution in [-0.4, -0.2) is 13.7 Å². The smallest absolute Gasteiger partial charge is 0.142 e. The molecule has 2 aromatic carbocycles. The van der Waals surface area contributed by atoms with E-state index in [9.17, 15) is 0 Å². The minimum Gasteiger partial charge on any atom is -0.495 e. The molecule has 0 aliphatic rings. The summed E-state index contributed by atoms with van der Waals surface area (Å²) in [5.41, 5.74) is 2.29. The minimum absolute atomic E-state index is 0.542. The predicted octanol–water partition coefficient (Wildman–Crippen LogP) is 4.33. The average molecular weight is 310 g/mol. The van der Waals surface area contributed by atoms with Gasteiger partial charge in [0.15, 0.2) is 0 Å². The lowest BCUT2D eigenvalue weighted by Gasteiger charge is -2.12. The summed E-state index contributed by atoms with van der Waals surface area (Å²) in [6.45, 7) is 1.56. The third kappa shape index (κ3) is 4.14. The predicted molar refractivity (Wildman–Crippen MR) is 84.9 cm³/mol. The van der Waals surface area contributed by atoms with E-state index < -0.39 is 0 Å². The third-order valence-electron chi connectivity index (χ3n) is 3.04. The molecule has 0 saturated carbocycles. The van der Waals surface area contributed by atoms with Crippen molar-refractivity contribution in [1.82, 2.24) is 5.32 Å². The molecule has 2 nitrogen and oxygen atoms in total. The highest BCUT2D eigenvalue weighted by molar-refractivity contribution is 6.35. The van der Waals surface area contributed by atoms with Gasteiger partial charge in [0.1, 0.15) is 5.75 Å². The minimum atomic E-state index is 0.542. The first-order valence-corrected chi connectivity index (χ1v) is 7.23. The second-order valence-electron chi connectivity index (χ2n) is 4.49. The SMILES string of the molecule is COc1c(Cl)cc(Cl)cc1CNCCc1ccccc1. The van der Waals surface area contributed by atoms with E-state index >= 15 is 0 Å². The Labute approximate surface area is 129 Å². The molecule has 0 saturated heterocycles. The summed E-state index contributed by atoms with van der Waals surface area (Å²) in [5.74, 6) is 0.684. The van der Waals surface area contributed by atoms with Crippen LogP contribution in [0.2, 0.25) is 10.0 Å². The van der Waals surface area contributed by atoms with E-state index in [0.717, 1.165) is 18.5 Å². The molecule has 2 rings (SSSR count). The number of halogens is 2. The molecule has 0 spiro atoms. The van der Waals surface area contributed by atoms with Gasteiger partial charge in [-0.25, -0.2) is 0 Å². The first kappa shape index (κ1) is 15.2. The molecule has 4 heteroatoms. The first-order valence-electron chi connectivity index (χ1n) is 6.47. The van der Waals surface area contributed by atoms with Crippen molar-refractivity contribution in [2.75, 3.05) is 13.7 Å². The summed E-state index contributed by atoms with van der Waals surface area (Å²) in [7, 11) is 1.61. The molecule has 0 atom stereocenters. The van der Waals surface area contributed by atoms with Gasteiger partial charge in [-0.3, -0.25) is 0 Å². The maximum atomic E-state index is 6.11. The number of rotatable bonds is 6. The van der Waals surface area contributed by atoms with Crippen LogP contribution in [0.4, 0.5) is 0 Å². The summed E-state index contributed by atoms with van der Waals surface area (Å²) in [6, 6.07) is 13.9. The highest BCUT2D eigenvalue weighted by Gasteiger charge is 2.09. The van der Waals surface area contributed by atoms with E-state index in [0.29, 0.717) is 22.3 Å². The van der Waals surface area contributed by atoms with Gasteiger partial charge < -0.3 is 10.1 Å². The summed E-state index contributed by atoms with van der Waals surface area (Å²) in [5, 5.41) is 4.54. The van der Waals surface area contributed by atoms with Gasteiger partial charge in [0, 0.05) is 17.1 Å². The standard InChI is InChI=1S/C16H17Cl2NO/c1-20-16-13(9-14(17)10-15(16)18)11-19-8-7-12-5-3-2-4-6-12/h2-6,9-10,19H,7-8,11H2,1H3. The molecule has 0 unspecified atom stereocenters. The second-order valence-corrected chi connectivity index (χ2v) is 5.34. The van der Waals surface area contributed by atoms with Crippen LogP contribution in [0.15, 0.2) is 42.5 Å². The van der Waals surface area contributed by atoms with Crippen LogP contribution in [0.5, 0.6) is 5.75 Å². The van der Waals surface area contributed by atoms with E-state index in [-0.39, 0.29) is 0 Å². The van der Waals surface area contributed by atoms with Crippen molar-refractivity contribution in [3.8, 4) is 5.75 Å². The fourth-order valence-corrected chi connectivity index (χ4v) is 2.69. The largest absolute Gasteiger partial charge is 0.495 e. The molecule has 0 aliphatic carbocycles. The zero-order valence-corrected chi connectivity index (χ0v) is 12.8. The highest BCUT2D eigenvalue weighted by atomic mass is 35.5. The van der Waals surface area contributed by atoms with Crippen LogP contribution >= 0.6 is 23.2 Å². The molecule has 1 N–H and O–H groups in total. The topological polar surface area (TPSA) is 21.3 Å². The van der Waals surface area contributed by atoms with Crippen molar-refractivity contribution >= 4 is 23.2 Å². The fraction of sp³-hybridized carbons (Fsp3) is 0.250. The monoisotopic (exact) mass is 309 g/mol. The summed E-state index contributed by atoms with van der Waals surface area (Å²) in [4.78, 5) is 0. The van der Waals surface area contributed by atoms with E-state index in [2.05, 4.69) is 29.6 Å². The Morgan fingerprint density at radius 1 is 1.10 bits per heavy atom. The fourth-order valence-electron chi connectivity index (χ4n) is 2.07. The van der Waals surface area contributed by atoms with Gasteiger partial charge in [0.2, 0.25) is 0 Å². The van der Waals surface area contributed by atoms with Crippen molar-refractivity contribution in [3.05, 3.63) is 63.6 Å². The molecular formula is C16H17Cl2NO. The molecule has 0 bridgehead atoms. The summed E-state index contributed by atoms with van der Waals surface area (Å²) >= 11 is 12.1. The molecule has 0 radical (unpaired) electrons. The van der Waals surface area contributed by atoms with Crippen molar-refractivity contribution in [2.45, 2.75) is 13.0 Å². The highest BCUT2D eigenvalue weighted by Crippen LogP contribution is 2.31. The number of hydrogen-bond acceptors (Lipinski definition) is 2. The number of benzene rings is 2. The first-order chi connectivity index (χ1) is 9.70. The molecule has 0 aromatic heterocycles. The van der Waals surface area contributed by atoms with Gasteiger partial charge in [-0.15, -0.1) is 0 Å². The van der Waals surface area contributed by atoms with Gasteiger partial charge in [-0.2, -0.15) is 0 Å². The van der Waals surface area contributed by atoms with Crippen LogP contribution in [-0.2, 0) is 13.0 Å². The lowest BCUT2D eigenvalue weighted by Crippen LogP contribution is -2.17. The molecule has 20 heavy (non-hydrogen) atoms. The van der Waals surface area contributed by atoms with Crippen molar-refractivity contribution in [3.63, 3.8) is 0 Å². The van der Waals surface area contributed by atoms with E-state index in [1.807, 2.05) is 12.1 Å². The van der Waals surface area contributed by atoms with Crippen LogP contribution in [0.3, 0.4) is 0 Å². The average Bonchev–Trinajstić information content (AvgIpc) is 2.44. The second kappa shape index (κ2) is 7.53.